The minimum atomic E-state index is -0.215. The van der Waals surface area contributed by atoms with E-state index in [1.807, 2.05) is 6.92 Å². The third-order valence-corrected chi connectivity index (χ3v) is 4.70. The Kier molecular flexibility index (Phi) is 11.8. The van der Waals surface area contributed by atoms with Gasteiger partial charge in [0, 0.05) is 6.04 Å². The molecule has 1 aromatic carbocycles. The molecule has 0 saturated carbocycles. The zero-order valence-electron chi connectivity index (χ0n) is 16.7. The lowest BCUT2D eigenvalue weighted by molar-refractivity contribution is -0.146. The van der Waals surface area contributed by atoms with Crippen molar-refractivity contribution in [2.75, 3.05) is 19.7 Å². The van der Waals surface area contributed by atoms with Crippen LogP contribution in [0.4, 0.5) is 0 Å². The van der Waals surface area contributed by atoms with Gasteiger partial charge >= 0.3 is 5.97 Å². The number of halogens is 1. The second kappa shape index (κ2) is 12.3. The number of carbonyl (C=O) groups is 1. The Morgan fingerprint density at radius 2 is 1.60 bits per heavy atom. The average molecular weight is 370 g/mol. The van der Waals surface area contributed by atoms with Crippen molar-refractivity contribution in [3.63, 3.8) is 0 Å². The number of nitrogens with zero attached hydrogens (tertiary/aromatic N) is 1. The molecule has 0 heterocycles. The lowest BCUT2D eigenvalue weighted by Crippen LogP contribution is -2.38. The summed E-state index contributed by atoms with van der Waals surface area (Å²) in [6.45, 7) is 15.3. The molecule has 0 N–H and O–H groups in total. The topological polar surface area (TPSA) is 29.5 Å². The third kappa shape index (κ3) is 7.79. The monoisotopic (exact) mass is 369 g/mol. The fourth-order valence-electron chi connectivity index (χ4n) is 3.07. The van der Waals surface area contributed by atoms with E-state index in [-0.39, 0.29) is 24.3 Å². The molecule has 25 heavy (non-hydrogen) atoms. The highest BCUT2D eigenvalue weighted by Crippen LogP contribution is 2.19. The molecule has 3 nitrogen and oxygen atoms in total. The highest BCUT2D eigenvalue weighted by molar-refractivity contribution is 5.85. The second-order valence-corrected chi connectivity index (χ2v) is 6.97. The molecule has 1 rings (SSSR count). The van der Waals surface area contributed by atoms with Gasteiger partial charge in [-0.15, -0.1) is 12.4 Å². The summed E-state index contributed by atoms with van der Waals surface area (Å²) in [7, 11) is 0. The first-order chi connectivity index (χ1) is 11.4. The molecule has 2 unspecified atom stereocenters. The molecular formula is C21H36ClNO2. The molecule has 0 fully saturated rings. The Morgan fingerprint density at radius 1 is 1.04 bits per heavy atom. The molecule has 0 spiro atoms. The highest BCUT2D eigenvalue weighted by Gasteiger charge is 2.20. The second-order valence-electron chi connectivity index (χ2n) is 6.97. The van der Waals surface area contributed by atoms with Crippen molar-refractivity contribution in [3.8, 4) is 0 Å². The van der Waals surface area contributed by atoms with Gasteiger partial charge in [0.05, 0.1) is 5.92 Å². The number of rotatable bonds is 10. The lowest BCUT2D eigenvalue weighted by Gasteiger charge is -2.28. The van der Waals surface area contributed by atoms with Crippen molar-refractivity contribution in [1.29, 1.82) is 0 Å². The van der Waals surface area contributed by atoms with E-state index in [1.165, 1.54) is 5.56 Å². The summed E-state index contributed by atoms with van der Waals surface area (Å²) in [5.41, 5.74) is 2.35. The number of esters is 1. The Hall–Kier alpha value is -1.06. The summed E-state index contributed by atoms with van der Waals surface area (Å²) in [4.78, 5) is 14.7. The number of ether oxygens (including phenoxy) is 1. The molecule has 2 atom stereocenters. The molecular weight excluding hydrogens is 334 g/mol. The molecule has 0 amide bonds. The smallest absolute Gasteiger partial charge is 0.313 e. The molecule has 0 aliphatic heterocycles. The third-order valence-electron chi connectivity index (χ3n) is 4.70. The Morgan fingerprint density at radius 3 is 2.04 bits per heavy atom. The van der Waals surface area contributed by atoms with Crippen molar-refractivity contribution < 1.29 is 9.53 Å². The number of benzene rings is 1. The first kappa shape index (κ1) is 23.9. The van der Waals surface area contributed by atoms with Crippen LogP contribution in [-0.4, -0.2) is 36.6 Å². The lowest BCUT2D eigenvalue weighted by atomic mass is 9.97. The van der Waals surface area contributed by atoms with Gasteiger partial charge in [-0.05, 0) is 49.9 Å². The van der Waals surface area contributed by atoms with E-state index in [4.69, 9.17) is 4.74 Å². The minimum absolute atomic E-state index is 0. The van der Waals surface area contributed by atoms with Crippen LogP contribution in [0.25, 0.3) is 0 Å². The van der Waals surface area contributed by atoms with Crippen molar-refractivity contribution in [2.45, 2.75) is 66.3 Å². The molecule has 144 valence electrons. The van der Waals surface area contributed by atoms with Gasteiger partial charge in [0.1, 0.15) is 6.61 Å². The zero-order valence-corrected chi connectivity index (χ0v) is 17.6. The van der Waals surface area contributed by atoms with Crippen LogP contribution >= 0.6 is 12.4 Å². The van der Waals surface area contributed by atoms with E-state index in [2.05, 4.69) is 63.8 Å². The van der Waals surface area contributed by atoms with Crippen molar-refractivity contribution in [3.05, 3.63) is 35.4 Å². The van der Waals surface area contributed by atoms with E-state index < -0.39 is 0 Å². The predicted octanol–water partition coefficient (Wildman–Crippen LogP) is 5.07. The summed E-state index contributed by atoms with van der Waals surface area (Å²) in [5.74, 6) is 0.300. The first-order valence-electron chi connectivity index (χ1n) is 9.42. The zero-order chi connectivity index (χ0) is 18.1. The molecule has 1 aromatic rings. The maximum Gasteiger partial charge on any atom is 0.313 e. The van der Waals surface area contributed by atoms with Crippen LogP contribution in [0.15, 0.2) is 24.3 Å². The van der Waals surface area contributed by atoms with Crippen LogP contribution in [0, 0.1) is 5.92 Å². The van der Waals surface area contributed by atoms with Gasteiger partial charge in [-0.2, -0.15) is 0 Å². The SMILES string of the molecule is CCC(COC(=O)C(C)c1ccc(CC(C)C)cc1)N(CC)CC.Cl. The molecule has 0 aromatic heterocycles. The molecule has 0 bridgehead atoms. The van der Waals surface area contributed by atoms with Crippen LogP contribution in [0.5, 0.6) is 0 Å². The molecule has 0 saturated heterocycles. The average Bonchev–Trinajstić information content (AvgIpc) is 2.57. The molecule has 0 radical (unpaired) electrons. The van der Waals surface area contributed by atoms with Crippen molar-refractivity contribution in [2.24, 2.45) is 5.92 Å². The number of hydrogen-bond donors (Lipinski definition) is 0. The van der Waals surface area contributed by atoms with Gasteiger partial charge in [-0.3, -0.25) is 9.69 Å². The normalized spacial score (nSPS) is 13.4. The van der Waals surface area contributed by atoms with Gasteiger partial charge in [-0.1, -0.05) is 58.9 Å². The Bertz CT molecular complexity index is 483. The summed E-state index contributed by atoms with van der Waals surface area (Å²) >= 11 is 0. The highest BCUT2D eigenvalue weighted by atomic mass is 35.5. The number of carbonyl (C=O) groups excluding carboxylic acids is 1. The van der Waals surface area contributed by atoms with Crippen molar-refractivity contribution in [1.82, 2.24) is 4.90 Å². The van der Waals surface area contributed by atoms with Gasteiger partial charge in [0.2, 0.25) is 0 Å². The molecule has 0 aliphatic carbocycles. The summed E-state index contributed by atoms with van der Waals surface area (Å²) in [5, 5.41) is 0. The fraction of sp³-hybridized carbons (Fsp3) is 0.667. The molecule has 4 heteroatoms. The first-order valence-corrected chi connectivity index (χ1v) is 9.42. The Labute approximate surface area is 160 Å². The maximum absolute atomic E-state index is 12.4. The number of likely N-dealkylation sites (N-methyl/N-ethyl adjacent to an activating group) is 1. The van der Waals surface area contributed by atoms with Crippen LogP contribution in [0.3, 0.4) is 0 Å². The van der Waals surface area contributed by atoms with Crippen LogP contribution in [0.1, 0.15) is 65.0 Å². The maximum atomic E-state index is 12.4. The quantitative estimate of drug-likeness (QED) is 0.539. The van der Waals surface area contributed by atoms with Gasteiger partial charge < -0.3 is 4.74 Å². The van der Waals surface area contributed by atoms with E-state index in [0.29, 0.717) is 18.6 Å². The summed E-state index contributed by atoms with van der Waals surface area (Å²) < 4.78 is 5.61. The van der Waals surface area contributed by atoms with E-state index in [9.17, 15) is 4.79 Å². The van der Waals surface area contributed by atoms with Gasteiger partial charge in [-0.25, -0.2) is 0 Å². The van der Waals surface area contributed by atoms with E-state index >= 15 is 0 Å². The summed E-state index contributed by atoms with van der Waals surface area (Å²) in [6.07, 6.45) is 2.06. The fourth-order valence-corrected chi connectivity index (χ4v) is 3.07. The van der Waals surface area contributed by atoms with E-state index in [1.54, 1.807) is 0 Å². The largest absolute Gasteiger partial charge is 0.464 e. The Balaban J connectivity index is 0.00000576. The van der Waals surface area contributed by atoms with Crippen LogP contribution in [0.2, 0.25) is 0 Å². The summed E-state index contributed by atoms with van der Waals surface area (Å²) in [6, 6.07) is 8.69. The molecule has 0 aliphatic rings. The standard InChI is InChI=1S/C21H35NO2.ClH/c1-7-20(22(8-2)9-3)15-24-21(23)17(6)19-12-10-18(11-13-19)14-16(4)5;/h10-13,16-17,20H,7-9,14-15H2,1-6H3;1H. The minimum Gasteiger partial charge on any atom is -0.464 e. The van der Waals surface area contributed by atoms with Crippen LogP contribution in [-0.2, 0) is 16.0 Å². The number of hydrogen-bond acceptors (Lipinski definition) is 3. The van der Waals surface area contributed by atoms with Gasteiger partial charge in [0.15, 0.2) is 0 Å². The predicted molar refractivity (Wildman–Crippen MR) is 109 cm³/mol. The van der Waals surface area contributed by atoms with Gasteiger partial charge in [0.25, 0.3) is 0 Å². The van der Waals surface area contributed by atoms with Crippen molar-refractivity contribution >= 4 is 18.4 Å². The van der Waals surface area contributed by atoms with Crippen LogP contribution < -0.4 is 0 Å². The van der Waals surface area contributed by atoms with E-state index in [0.717, 1.165) is 31.5 Å².